The molecule has 0 spiro atoms. The number of rotatable bonds is 23. The molecule has 3 amide bonds. The van der Waals surface area contributed by atoms with Crippen LogP contribution in [-0.2, 0) is 42.9 Å². The minimum absolute atomic E-state index is 0.0395. The molecule has 1 aliphatic heterocycles. The van der Waals surface area contributed by atoms with Crippen LogP contribution in [0.1, 0.15) is 44.3 Å². The molecule has 1 saturated heterocycles. The molecular weight excluding hydrogens is 614 g/mol. The van der Waals surface area contributed by atoms with Gasteiger partial charge in [-0.25, -0.2) is 4.79 Å². The Hall–Kier alpha value is -4.50. The van der Waals surface area contributed by atoms with Crippen LogP contribution in [0.25, 0.3) is 0 Å². The standard InChI is InChI=1S/C29H39N3O14/c1-4-10-40-13-15-42-17-18-43-16-14-41-12-9-30-26(33)6-5-11-44-25-20-23(32(37)38)22(19-24(25)39-3)21(2)45-29(36)46-31-27(34)7-8-28(31)35/h1,19-21H,5-18H2,2-3H3,(H,30,33). The summed E-state index contributed by atoms with van der Waals surface area (Å²) in [7, 11) is 1.32. The van der Waals surface area contributed by atoms with E-state index in [4.69, 9.17) is 39.6 Å². The minimum Gasteiger partial charge on any atom is -0.493 e. The molecule has 0 aliphatic carbocycles. The number of imide groups is 1. The monoisotopic (exact) mass is 653 g/mol. The average Bonchev–Trinajstić information content (AvgIpc) is 3.34. The predicted molar refractivity (Wildman–Crippen MR) is 157 cm³/mol. The van der Waals surface area contributed by atoms with Crippen molar-refractivity contribution in [1.82, 2.24) is 10.4 Å². The Labute approximate surface area is 265 Å². The van der Waals surface area contributed by atoms with E-state index in [0.29, 0.717) is 64.3 Å². The molecule has 0 aromatic heterocycles. The number of methoxy groups -OCH3 is 1. The van der Waals surface area contributed by atoms with Gasteiger partial charge in [0.1, 0.15) is 12.7 Å². The van der Waals surface area contributed by atoms with E-state index in [1.165, 1.54) is 20.1 Å². The molecule has 254 valence electrons. The van der Waals surface area contributed by atoms with Crippen LogP contribution >= 0.6 is 0 Å². The third-order valence-electron chi connectivity index (χ3n) is 6.07. The predicted octanol–water partition coefficient (Wildman–Crippen LogP) is 1.86. The van der Waals surface area contributed by atoms with E-state index in [1.54, 1.807) is 0 Å². The summed E-state index contributed by atoms with van der Waals surface area (Å²) >= 11 is 0. The number of benzene rings is 1. The quantitative estimate of drug-likeness (QED) is 0.0448. The van der Waals surface area contributed by atoms with Gasteiger partial charge in [0.05, 0.1) is 76.5 Å². The molecule has 17 nitrogen and oxygen atoms in total. The summed E-state index contributed by atoms with van der Waals surface area (Å²) in [5, 5.41) is 14.8. The highest BCUT2D eigenvalue weighted by Gasteiger charge is 2.34. The fourth-order valence-corrected chi connectivity index (χ4v) is 3.84. The summed E-state index contributed by atoms with van der Waals surface area (Å²) in [5.74, 6) is 0.880. The number of nitro groups is 1. The van der Waals surface area contributed by atoms with Crippen molar-refractivity contribution < 1.29 is 62.1 Å². The summed E-state index contributed by atoms with van der Waals surface area (Å²) in [4.78, 5) is 63.3. The number of hydroxylamine groups is 2. The van der Waals surface area contributed by atoms with E-state index >= 15 is 0 Å². The molecule has 0 saturated carbocycles. The molecule has 0 radical (unpaired) electrons. The van der Waals surface area contributed by atoms with Gasteiger partial charge in [0.15, 0.2) is 11.5 Å². The largest absolute Gasteiger partial charge is 0.534 e. The van der Waals surface area contributed by atoms with Crippen molar-refractivity contribution in [2.24, 2.45) is 0 Å². The van der Waals surface area contributed by atoms with Crippen molar-refractivity contribution in [1.29, 1.82) is 0 Å². The first-order valence-corrected chi connectivity index (χ1v) is 14.4. The van der Waals surface area contributed by atoms with Gasteiger partial charge in [0, 0.05) is 25.8 Å². The molecule has 0 bridgehead atoms. The van der Waals surface area contributed by atoms with E-state index < -0.39 is 34.7 Å². The van der Waals surface area contributed by atoms with E-state index in [1.807, 2.05) is 0 Å². The lowest BCUT2D eigenvalue weighted by Gasteiger charge is -2.18. The molecule has 2 rings (SSSR count). The molecule has 1 aliphatic rings. The van der Waals surface area contributed by atoms with Gasteiger partial charge in [-0.2, -0.15) is 0 Å². The van der Waals surface area contributed by atoms with Gasteiger partial charge in [0.25, 0.3) is 17.5 Å². The van der Waals surface area contributed by atoms with Gasteiger partial charge in [-0.15, -0.1) is 6.42 Å². The van der Waals surface area contributed by atoms with Crippen LogP contribution in [0.4, 0.5) is 10.5 Å². The highest BCUT2D eigenvalue weighted by Crippen LogP contribution is 2.38. The van der Waals surface area contributed by atoms with Gasteiger partial charge in [0.2, 0.25) is 5.91 Å². The number of amides is 3. The topological polar surface area (TPSA) is 201 Å². The van der Waals surface area contributed by atoms with Gasteiger partial charge in [-0.1, -0.05) is 11.0 Å². The fourth-order valence-electron chi connectivity index (χ4n) is 3.84. The zero-order valence-electron chi connectivity index (χ0n) is 25.8. The summed E-state index contributed by atoms with van der Waals surface area (Å²) < 4.78 is 37.1. The SMILES string of the molecule is C#CCOCCOCCOCCOCCNC(=O)CCCOc1cc([N+](=O)[O-])c(C(C)OC(=O)ON2C(=O)CCC2=O)cc1OC. The van der Waals surface area contributed by atoms with Crippen molar-refractivity contribution in [3.8, 4) is 23.8 Å². The third kappa shape index (κ3) is 13.6. The number of carbonyl (C=O) groups excluding carboxylic acids is 4. The summed E-state index contributed by atoms with van der Waals surface area (Å²) in [6.45, 7) is 4.69. The second-order valence-corrected chi connectivity index (χ2v) is 9.40. The zero-order valence-corrected chi connectivity index (χ0v) is 25.8. The number of nitrogens with zero attached hydrogens (tertiary/aromatic N) is 2. The maximum absolute atomic E-state index is 12.1. The van der Waals surface area contributed by atoms with Crippen molar-refractivity contribution in [3.05, 3.63) is 27.8 Å². The summed E-state index contributed by atoms with van der Waals surface area (Å²) in [5.41, 5.74) is -0.492. The lowest BCUT2D eigenvalue weighted by Crippen LogP contribution is -2.32. The molecule has 1 atom stereocenters. The minimum atomic E-state index is -1.39. The van der Waals surface area contributed by atoms with Gasteiger partial charge >= 0.3 is 6.16 Å². The lowest BCUT2D eigenvalue weighted by atomic mass is 10.1. The Bertz CT molecular complexity index is 1200. The molecule has 1 heterocycles. The van der Waals surface area contributed by atoms with Crippen LogP contribution in [0.3, 0.4) is 0 Å². The van der Waals surface area contributed by atoms with Crippen LogP contribution < -0.4 is 14.8 Å². The number of hydrogen-bond acceptors (Lipinski definition) is 14. The number of terminal acetylenes is 1. The Morgan fingerprint density at radius 2 is 1.59 bits per heavy atom. The Morgan fingerprint density at radius 1 is 0.978 bits per heavy atom. The van der Waals surface area contributed by atoms with Crippen LogP contribution in [-0.4, -0.2) is 107 Å². The van der Waals surface area contributed by atoms with Crippen LogP contribution in [0.2, 0.25) is 0 Å². The van der Waals surface area contributed by atoms with Gasteiger partial charge in [-0.05, 0) is 19.4 Å². The van der Waals surface area contributed by atoms with Crippen molar-refractivity contribution in [2.75, 3.05) is 73.1 Å². The molecule has 1 N–H and O–H groups in total. The fraction of sp³-hybridized carbons (Fsp3) is 0.586. The molecule has 46 heavy (non-hydrogen) atoms. The summed E-state index contributed by atoms with van der Waals surface area (Å²) in [6, 6.07) is 2.38. The van der Waals surface area contributed by atoms with E-state index in [-0.39, 0.29) is 55.4 Å². The third-order valence-corrected chi connectivity index (χ3v) is 6.07. The lowest BCUT2D eigenvalue weighted by molar-refractivity contribution is -0.386. The Kier molecular flexibility index (Phi) is 17.4. The number of hydrogen-bond donors (Lipinski definition) is 1. The second kappa shape index (κ2) is 21.3. The average molecular weight is 654 g/mol. The van der Waals surface area contributed by atoms with Crippen LogP contribution in [0.5, 0.6) is 11.5 Å². The number of ether oxygens (including phenoxy) is 7. The molecule has 17 heteroatoms. The molecule has 1 aromatic carbocycles. The highest BCUT2D eigenvalue weighted by atomic mass is 16.8. The highest BCUT2D eigenvalue weighted by molar-refractivity contribution is 6.01. The summed E-state index contributed by atoms with van der Waals surface area (Å²) in [6.07, 6.45) is 2.68. The molecule has 1 aromatic rings. The van der Waals surface area contributed by atoms with Crippen LogP contribution in [0.15, 0.2) is 12.1 Å². The smallest absolute Gasteiger partial charge is 0.493 e. The normalized spacial score (nSPS) is 13.2. The van der Waals surface area contributed by atoms with Crippen LogP contribution in [0, 0.1) is 22.5 Å². The van der Waals surface area contributed by atoms with E-state index in [9.17, 15) is 29.3 Å². The zero-order chi connectivity index (χ0) is 33.7. The van der Waals surface area contributed by atoms with E-state index in [0.717, 1.165) is 6.07 Å². The molecule has 1 unspecified atom stereocenters. The van der Waals surface area contributed by atoms with Gasteiger partial charge < -0.3 is 38.5 Å². The maximum atomic E-state index is 12.1. The van der Waals surface area contributed by atoms with Crippen molar-refractivity contribution in [2.45, 2.75) is 38.7 Å². The maximum Gasteiger partial charge on any atom is 0.534 e. The molecule has 1 fully saturated rings. The number of nitro benzene ring substituents is 1. The number of carbonyl (C=O) groups is 4. The van der Waals surface area contributed by atoms with Crippen molar-refractivity contribution >= 4 is 29.6 Å². The first-order chi connectivity index (χ1) is 22.2. The van der Waals surface area contributed by atoms with E-state index in [2.05, 4.69) is 16.1 Å². The van der Waals surface area contributed by atoms with Gasteiger partial charge in [-0.3, -0.25) is 29.3 Å². The van der Waals surface area contributed by atoms with Crippen molar-refractivity contribution in [3.63, 3.8) is 0 Å². The first kappa shape index (κ1) is 37.7. The number of nitrogens with one attached hydrogen (secondary N) is 1. The Morgan fingerprint density at radius 3 is 2.17 bits per heavy atom. The second-order valence-electron chi connectivity index (χ2n) is 9.40. The first-order valence-electron chi connectivity index (χ1n) is 14.4. The Balaban J connectivity index is 1.68. The molecular formula is C29H39N3O14.